The van der Waals surface area contributed by atoms with Crippen LogP contribution in [0.25, 0.3) is 0 Å². The Morgan fingerprint density at radius 3 is 2.15 bits per heavy atom. The van der Waals surface area contributed by atoms with Gasteiger partial charge in [0.15, 0.2) is 0 Å². The molecule has 0 aliphatic heterocycles. The lowest BCUT2D eigenvalue weighted by Crippen LogP contribution is -2.24. The molecule has 3 rings (SSSR count). The summed E-state index contributed by atoms with van der Waals surface area (Å²) in [4.78, 5) is 12.1. The maximum atomic E-state index is 12.6. The largest absolute Gasteiger partial charge is 0.508 e. The minimum atomic E-state index is -4.44. The monoisotopic (exact) mass is 380 g/mol. The number of phenols is 2. The molecular weight excluding hydrogens is 361 g/mol. The first-order chi connectivity index (χ1) is 12.7. The Balaban J connectivity index is 1.56. The van der Waals surface area contributed by atoms with E-state index < -0.39 is 17.7 Å². The first-order valence-electron chi connectivity index (χ1n) is 8.64. The molecule has 0 saturated heterocycles. The Morgan fingerprint density at radius 2 is 1.59 bits per heavy atom. The number of esters is 1. The van der Waals surface area contributed by atoms with Gasteiger partial charge in [-0.1, -0.05) is 6.07 Å². The molecule has 0 radical (unpaired) electrons. The zero-order valence-electron chi connectivity index (χ0n) is 14.4. The molecule has 1 saturated carbocycles. The molecule has 4 nitrogen and oxygen atoms in total. The standard InChI is InChI=1S/C20H19F3O4/c21-20(22,23)14-5-1-13(2-6-14)19(26)27-16-8-3-12(4-9-16)17-10-7-15(24)11-18(17)25/h1-2,5-7,10-12,16,24-25H,3-4,8-9H2. The molecule has 0 atom stereocenters. The highest BCUT2D eigenvalue weighted by molar-refractivity contribution is 5.89. The van der Waals surface area contributed by atoms with Crippen molar-refractivity contribution in [1.29, 1.82) is 0 Å². The molecule has 0 amide bonds. The van der Waals surface area contributed by atoms with Crippen LogP contribution in [0.4, 0.5) is 13.2 Å². The number of carbonyl (C=O) groups excluding carboxylic acids is 1. The number of ether oxygens (including phenoxy) is 1. The van der Waals surface area contributed by atoms with E-state index in [1.54, 1.807) is 6.07 Å². The third kappa shape index (κ3) is 4.53. The van der Waals surface area contributed by atoms with E-state index in [4.69, 9.17) is 4.74 Å². The van der Waals surface area contributed by atoms with E-state index in [0.717, 1.165) is 29.8 Å². The Hall–Kier alpha value is -2.70. The summed E-state index contributed by atoms with van der Waals surface area (Å²) in [5.74, 6) is -0.498. The predicted molar refractivity (Wildman–Crippen MR) is 91.6 cm³/mol. The van der Waals surface area contributed by atoms with Crippen molar-refractivity contribution in [1.82, 2.24) is 0 Å². The predicted octanol–water partition coefficient (Wildman–Crippen LogP) is 5.00. The van der Waals surface area contributed by atoms with E-state index >= 15 is 0 Å². The number of alkyl halides is 3. The van der Waals surface area contributed by atoms with Crippen LogP contribution in [0.15, 0.2) is 42.5 Å². The van der Waals surface area contributed by atoms with Crippen molar-refractivity contribution < 1.29 is 32.9 Å². The lowest BCUT2D eigenvalue weighted by atomic mass is 9.82. The lowest BCUT2D eigenvalue weighted by Gasteiger charge is -2.29. The quantitative estimate of drug-likeness (QED) is 0.736. The van der Waals surface area contributed by atoms with E-state index in [1.807, 2.05) is 0 Å². The van der Waals surface area contributed by atoms with Crippen molar-refractivity contribution in [3.8, 4) is 11.5 Å². The van der Waals surface area contributed by atoms with Gasteiger partial charge in [-0.3, -0.25) is 0 Å². The van der Waals surface area contributed by atoms with Crippen LogP contribution in [0, 0.1) is 0 Å². The number of hydrogen-bond donors (Lipinski definition) is 2. The van der Waals surface area contributed by atoms with Gasteiger partial charge in [-0.25, -0.2) is 4.79 Å². The van der Waals surface area contributed by atoms with Crippen LogP contribution in [0.5, 0.6) is 11.5 Å². The molecule has 0 aromatic heterocycles. The number of rotatable bonds is 3. The average molecular weight is 380 g/mol. The van der Waals surface area contributed by atoms with Gasteiger partial charge in [-0.05, 0) is 67.5 Å². The number of carbonyl (C=O) groups is 1. The van der Waals surface area contributed by atoms with Gasteiger partial charge in [-0.2, -0.15) is 13.2 Å². The van der Waals surface area contributed by atoms with Gasteiger partial charge in [0.2, 0.25) is 0 Å². The van der Waals surface area contributed by atoms with Crippen LogP contribution >= 0.6 is 0 Å². The maximum Gasteiger partial charge on any atom is 0.416 e. The Labute approximate surface area is 154 Å². The zero-order chi connectivity index (χ0) is 19.6. The van der Waals surface area contributed by atoms with E-state index in [1.165, 1.54) is 12.1 Å². The topological polar surface area (TPSA) is 66.8 Å². The van der Waals surface area contributed by atoms with Crippen molar-refractivity contribution in [2.45, 2.75) is 43.9 Å². The Bertz CT molecular complexity index is 807. The molecule has 1 aliphatic carbocycles. The fourth-order valence-electron chi connectivity index (χ4n) is 3.38. The number of aromatic hydroxyl groups is 2. The molecule has 1 fully saturated rings. The van der Waals surface area contributed by atoms with E-state index in [0.29, 0.717) is 25.7 Å². The van der Waals surface area contributed by atoms with E-state index in [2.05, 4.69) is 0 Å². The summed E-state index contributed by atoms with van der Waals surface area (Å²) in [7, 11) is 0. The molecule has 2 N–H and O–H groups in total. The number of benzene rings is 2. The minimum absolute atomic E-state index is 0.00425. The second-order valence-corrected chi connectivity index (χ2v) is 6.70. The van der Waals surface area contributed by atoms with Crippen molar-refractivity contribution in [3.05, 3.63) is 59.2 Å². The van der Waals surface area contributed by atoms with Crippen LogP contribution in [0.2, 0.25) is 0 Å². The molecule has 2 aromatic carbocycles. The third-order valence-electron chi connectivity index (χ3n) is 4.85. The van der Waals surface area contributed by atoms with Gasteiger partial charge in [-0.15, -0.1) is 0 Å². The molecular formula is C20H19F3O4. The van der Waals surface area contributed by atoms with E-state index in [9.17, 15) is 28.2 Å². The van der Waals surface area contributed by atoms with Crippen molar-refractivity contribution in [2.75, 3.05) is 0 Å². The van der Waals surface area contributed by atoms with Gasteiger partial charge in [0, 0.05) is 6.07 Å². The summed E-state index contributed by atoms with van der Waals surface area (Å²) < 4.78 is 43.1. The Kier molecular flexibility index (Phi) is 5.30. The van der Waals surface area contributed by atoms with Gasteiger partial charge in [0.25, 0.3) is 0 Å². The fourth-order valence-corrected chi connectivity index (χ4v) is 3.38. The normalized spacial score (nSPS) is 20.3. The van der Waals surface area contributed by atoms with Crippen LogP contribution in [-0.2, 0) is 10.9 Å². The summed E-state index contributed by atoms with van der Waals surface area (Å²) in [6, 6.07) is 8.46. The highest BCUT2D eigenvalue weighted by atomic mass is 19.4. The summed E-state index contributed by atoms with van der Waals surface area (Å²) in [6.07, 6.45) is -2.17. The second kappa shape index (κ2) is 7.50. The number of phenolic OH excluding ortho intramolecular Hbond substituents is 2. The summed E-state index contributed by atoms with van der Waals surface area (Å²) in [5, 5.41) is 19.3. The molecule has 0 unspecified atom stereocenters. The van der Waals surface area contributed by atoms with Crippen molar-refractivity contribution in [3.63, 3.8) is 0 Å². The van der Waals surface area contributed by atoms with Crippen LogP contribution in [0.3, 0.4) is 0 Å². The number of hydrogen-bond acceptors (Lipinski definition) is 4. The molecule has 0 heterocycles. The van der Waals surface area contributed by atoms with Gasteiger partial charge in [0.1, 0.15) is 17.6 Å². The average Bonchev–Trinajstić information content (AvgIpc) is 2.62. The minimum Gasteiger partial charge on any atom is -0.508 e. The lowest BCUT2D eigenvalue weighted by molar-refractivity contribution is -0.137. The zero-order valence-corrected chi connectivity index (χ0v) is 14.4. The molecule has 1 aliphatic rings. The summed E-state index contributed by atoms with van der Waals surface area (Å²) >= 11 is 0. The Morgan fingerprint density at radius 1 is 0.963 bits per heavy atom. The highest BCUT2D eigenvalue weighted by Gasteiger charge is 2.31. The third-order valence-corrected chi connectivity index (χ3v) is 4.85. The van der Waals surface area contributed by atoms with Crippen LogP contribution in [0.1, 0.15) is 53.1 Å². The second-order valence-electron chi connectivity index (χ2n) is 6.70. The fraction of sp³-hybridized carbons (Fsp3) is 0.350. The van der Waals surface area contributed by atoms with Gasteiger partial charge < -0.3 is 14.9 Å². The van der Waals surface area contributed by atoms with Gasteiger partial charge in [0.05, 0.1) is 11.1 Å². The summed E-state index contributed by atoms with van der Waals surface area (Å²) in [6.45, 7) is 0. The highest BCUT2D eigenvalue weighted by Crippen LogP contribution is 2.39. The summed E-state index contributed by atoms with van der Waals surface area (Å²) in [5.41, 5.74) is 0.0230. The smallest absolute Gasteiger partial charge is 0.416 e. The number of halogens is 3. The molecule has 144 valence electrons. The molecule has 7 heteroatoms. The van der Waals surface area contributed by atoms with Crippen molar-refractivity contribution >= 4 is 5.97 Å². The molecule has 0 bridgehead atoms. The molecule has 27 heavy (non-hydrogen) atoms. The molecule has 2 aromatic rings. The van der Waals surface area contributed by atoms with Crippen LogP contribution in [-0.4, -0.2) is 22.3 Å². The van der Waals surface area contributed by atoms with E-state index in [-0.39, 0.29) is 29.1 Å². The van der Waals surface area contributed by atoms with Crippen LogP contribution < -0.4 is 0 Å². The SMILES string of the molecule is O=C(OC1CCC(c2ccc(O)cc2O)CC1)c1ccc(C(F)(F)F)cc1. The maximum absolute atomic E-state index is 12.6. The van der Waals surface area contributed by atoms with Gasteiger partial charge >= 0.3 is 12.1 Å². The first kappa shape index (κ1) is 19.1. The molecule has 0 spiro atoms. The van der Waals surface area contributed by atoms with Crippen molar-refractivity contribution in [2.24, 2.45) is 0 Å². The first-order valence-corrected chi connectivity index (χ1v) is 8.64.